The van der Waals surface area contributed by atoms with E-state index in [1.807, 2.05) is 19.1 Å². The van der Waals surface area contributed by atoms with Gasteiger partial charge in [-0.3, -0.25) is 0 Å². The van der Waals surface area contributed by atoms with Gasteiger partial charge in [0.2, 0.25) is 5.79 Å². The standard InChI is InChI=1S/C29H48O3/c1-6-12-24(8-3)20-22-31-29(5,21-19-25-13-10-9-11-14-25)32-28(30)27-17-15-26(16-18-27)23(4)7-2/h15-18,23-25H,6-14,19-22H2,1-5H3. The van der Waals surface area contributed by atoms with Crippen molar-refractivity contribution >= 4 is 5.97 Å². The predicted octanol–water partition coefficient (Wildman–Crippen LogP) is 8.67. The monoisotopic (exact) mass is 444 g/mol. The topological polar surface area (TPSA) is 35.5 Å². The lowest BCUT2D eigenvalue weighted by Gasteiger charge is -2.32. The van der Waals surface area contributed by atoms with Gasteiger partial charge in [-0.25, -0.2) is 4.79 Å². The number of esters is 1. The normalized spacial score (nSPS) is 18.7. The molecule has 1 aromatic carbocycles. The number of benzene rings is 1. The van der Waals surface area contributed by atoms with Crippen LogP contribution in [0, 0.1) is 11.8 Å². The molecule has 3 nitrogen and oxygen atoms in total. The van der Waals surface area contributed by atoms with Crippen LogP contribution >= 0.6 is 0 Å². The van der Waals surface area contributed by atoms with Crippen molar-refractivity contribution in [3.63, 3.8) is 0 Å². The number of hydrogen-bond acceptors (Lipinski definition) is 3. The third-order valence-corrected chi connectivity index (χ3v) is 7.58. The summed E-state index contributed by atoms with van der Waals surface area (Å²) in [5.74, 6) is 0.801. The van der Waals surface area contributed by atoms with E-state index < -0.39 is 5.79 Å². The second kappa shape index (κ2) is 14.0. The van der Waals surface area contributed by atoms with Crippen LogP contribution in [-0.4, -0.2) is 18.4 Å². The molecule has 1 aliphatic rings. The van der Waals surface area contributed by atoms with E-state index in [4.69, 9.17) is 9.47 Å². The van der Waals surface area contributed by atoms with E-state index in [1.165, 1.54) is 56.9 Å². The highest BCUT2D eigenvalue weighted by Crippen LogP contribution is 2.32. The summed E-state index contributed by atoms with van der Waals surface area (Å²) in [7, 11) is 0. The summed E-state index contributed by atoms with van der Waals surface area (Å²) in [6, 6.07) is 7.92. The molecule has 0 amide bonds. The molecule has 0 aliphatic heterocycles. The van der Waals surface area contributed by atoms with Gasteiger partial charge in [-0.05, 0) is 54.7 Å². The lowest BCUT2D eigenvalue weighted by Crippen LogP contribution is -2.36. The van der Waals surface area contributed by atoms with Gasteiger partial charge in [0.15, 0.2) is 0 Å². The lowest BCUT2D eigenvalue weighted by molar-refractivity contribution is -0.199. The maximum Gasteiger partial charge on any atom is 0.340 e. The molecular weight excluding hydrogens is 396 g/mol. The first-order valence-corrected chi connectivity index (χ1v) is 13.4. The summed E-state index contributed by atoms with van der Waals surface area (Å²) >= 11 is 0. The van der Waals surface area contributed by atoms with Gasteiger partial charge >= 0.3 is 5.97 Å². The first-order valence-electron chi connectivity index (χ1n) is 13.4. The number of ether oxygens (including phenoxy) is 2. The number of carbonyl (C=O) groups is 1. The van der Waals surface area contributed by atoms with Gasteiger partial charge in [0.1, 0.15) is 0 Å². The van der Waals surface area contributed by atoms with Crippen molar-refractivity contribution in [3.8, 4) is 0 Å². The van der Waals surface area contributed by atoms with E-state index >= 15 is 0 Å². The quantitative estimate of drug-likeness (QED) is 0.213. The molecular formula is C29H48O3. The Morgan fingerprint density at radius 3 is 2.31 bits per heavy atom. The van der Waals surface area contributed by atoms with Gasteiger partial charge < -0.3 is 9.47 Å². The van der Waals surface area contributed by atoms with Gasteiger partial charge in [0.25, 0.3) is 0 Å². The Balaban J connectivity index is 2.01. The molecule has 1 fully saturated rings. The Kier molecular flexibility index (Phi) is 11.8. The van der Waals surface area contributed by atoms with Crippen molar-refractivity contribution in [1.82, 2.24) is 0 Å². The van der Waals surface area contributed by atoms with Crippen molar-refractivity contribution in [2.45, 2.75) is 123 Å². The Bertz CT molecular complexity index is 647. The number of carbonyl (C=O) groups excluding carboxylic acids is 1. The molecule has 3 unspecified atom stereocenters. The first-order chi connectivity index (χ1) is 15.4. The van der Waals surface area contributed by atoms with Crippen molar-refractivity contribution in [2.24, 2.45) is 11.8 Å². The third-order valence-electron chi connectivity index (χ3n) is 7.58. The van der Waals surface area contributed by atoms with Gasteiger partial charge in [0, 0.05) is 13.3 Å². The van der Waals surface area contributed by atoms with E-state index in [9.17, 15) is 4.79 Å². The minimum absolute atomic E-state index is 0.271. The molecule has 1 saturated carbocycles. The summed E-state index contributed by atoms with van der Waals surface area (Å²) in [6.07, 6.45) is 14.2. The Morgan fingerprint density at radius 1 is 1.03 bits per heavy atom. The van der Waals surface area contributed by atoms with Crippen LogP contribution < -0.4 is 0 Å². The van der Waals surface area contributed by atoms with Crippen LogP contribution in [0.25, 0.3) is 0 Å². The highest BCUT2D eigenvalue weighted by atomic mass is 16.7. The molecule has 0 heterocycles. The summed E-state index contributed by atoms with van der Waals surface area (Å²) in [5.41, 5.74) is 1.88. The fraction of sp³-hybridized carbons (Fsp3) is 0.759. The van der Waals surface area contributed by atoms with Crippen LogP contribution in [0.5, 0.6) is 0 Å². The van der Waals surface area contributed by atoms with Crippen molar-refractivity contribution in [3.05, 3.63) is 35.4 Å². The molecule has 3 atom stereocenters. The highest BCUT2D eigenvalue weighted by molar-refractivity contribution is 5.89. The van der Waals surface area contributed by atoms with Crippen LogP contribution in [0.15, 0.2) is 24.3 Å². The molecule has 0 aromatic heterocycles. The maximum absolute atomic E-state index is 13.0. The zero-order chi connectivity index (χ0) is 23.4. The van der Waals surface area contributed by atoms with E-state index in [2.05, 4.69) is 39.8 Å². The molecule has 0 spiro atoms. The average molecular weight is 445 g/mol. The smallest absolute Gasteiger partial charge is 0.340 e. The molecule has 1 aliphatic carbocycles. The second-order valence-electron chi connectivity index (χ2n) is 10.2. The Labute approximate surface area is 197 Å². The van der Waals surface area contributed by atoms with E-state index in [1.54, 1.807) is 0 Å². The largest absolute Gasteiger partial charge is 0.430 e. The lowest BCUT2D eigenvalue weighted by atomic mass is 9.85. The van der Waals surface area contributed by atoms with Crippen LogP contribution in [0.3, 0.4) is 0 Å². The molecule has 0 saturated heterocycles. The SMILES string of the molecule is CCCC(CC)CCOC(C)(CCC1CCCCC1)OC(=O)c1ccc(C(C)CC)cc1. The molecule has 0 radical (unpaired) electrons. The summed E-state index contributed by atoms with van der Waals surface area (Å²) in [6.45, 7) is 11.5. The van der Waals surface area contributed by atoms with Gasteiger partial charge in [-0.2, -0.15) is 0 Å². The fourth-order valence-electron chi connectivity index (χ4n) is 4.94. The van der Waals surface area contributed by atoms with Crippen LogP contribution in [-0.2, 0) is 9.47 Å². The van der Waals surface area contributed by atoms with Crippen LogP contribution in [0.2, 0.25) is 0 Å². The number of hydrogen-bond donors (Lipinski definition) is 0. The molecule has 32 heavy (non-hydrogen) atoms. The van der Waals surface area contributed by atoms with Gasteiger partial charge in [-0.15, -0.1) is 0 Å². The van der Waals surface area contributed by atoms with E-state index in [0.29, 0.717) is 24.0 Å². The van der Waals surface area contributed by atoms with Crippen molar-refractivity contribution in [1.29, 1.82) is 0 Å². The fourth-order valence-corrected chi connectivity index (χ4v) is 4.94. The maximum atomic E-state index is 13.0. The summed E-state index contributed by atoms with van der Waals surface area (Å²) < 4.78 is 12.4. The van der Waals surface area contributed by atoms with Crippen molar-refractivity contribution in [2.75, 3.05) is 6.61 Å². The van der Waals surface area contributed by atoms with Gasteiger partial charge in [-0.1, -0.05) is 91.2 Å². The van der Waals surface area contributed by atoms with Crippen LogP contribution in [0.4, 0.5) is 0 Å². The van der Waals surface area contributed by atoms with Crippen molar-refractivity contribution < 1.29 is 14.3 Å². The summed E-state index contributed by atoms with van der Waals surface area (Å²) in [5, 5.41) is 0. The Hall–Kier alpha value is -1.35. The molecule has 182 valence electrons. The minimum atomic E-state index is -0.853. The minimum Gasteiger partial charge on any atom is -0.430 e. The molecule has 3 heteroatoms. The zero-order valence-electron chi connectivity index (χ0n) is 21.5. The molecule has 1 aromatic rings. The van der Waals surface area contributed by atoms with E-state index in [-0.39, 0.29) is 5.97 Å². The predicted molar refractivity (Wildman–Crippen MR) is 134 cm³/mol. The molecule has 0 N–H and O–H groups in total. The van der Waals surface area contributed by atoms with Crippen LogP contribution in [0.1, 0.15) is 134 Å². The second-order valence-corrected chi connectivity index (χ2v) is 10.2. The summed E-state index contributed by atoms with van der Waals surface area (Å²) in [4.78, 5) is 13.0. The first kappa shape index (κ1) is 26.9. The highest BCUT2D eigenvalue weighted by Gasteiger charge is 2.32. The average Bonchev–Trinajstić information content (AvgIpc) is 2.82. The Morgan fingerprint density at radius 2 is 1.72 bits per heavy atom. The van der Waals surface area contributed by atoms with Gasteiger partial charge in [0.05, 0.1) is 12.2 Å². The van der Waals surface area contributed by atoms with E-state index in [0.717, 1.165) is 31.6 Å². The number of rotatable bonds is 14. The molecule has 2 rings (SSSR count). The molecule has 0 bridgehead atoms. The zero-order valence-corrected chi connectivity index (χ0v) is 21.5. The third kappa shape index (κ3) is 8.89.